The third kappa shape index (κ3) is 6.07. The fraction of sp³-hybridized carbons (Fsp3) is 0.211. The van der Waals surface area contributed by atoms with Crippen LogP contribution in [0.15, 0.2) is 42.5 Å². The topological polar surface area (TPSA) is 81.7 Å². The van der Waals surface area contributed by atoms with Crippen LogP contribution in [0.5, 0.6) is 5.75 Å². The Balaban J connectivity index is 1.77. The number of carbonyl (C=O) groups excluding carboxylic acids is 3. The van der Waals surface area contributed by atoms with Gasteiger partial charge >= 0.3 is 5.97 Å². The average molecular weight is 394 g/mol. The van der Waals surface area contributed by atoms with Gasteiger partial charge in [-0.15, -0.1) is 0 Å². The van der Waals surface area contributed by atoms with Crippen molar-refractivity contribution >= 4 is 29.3 Å². The lowest BCUT2D eigenvalue weighted by Crippen LogP contribution is -2.27. The fourth-order valence-corrected chi connectivity index (χ4v) is 2.30. The molecule has 0 radical (unpaired) electrons. The normalized spacial score (nSPS) is 10.2. The summed E-state index contributed by atoms with van der Waals surface area (Å²) in [6.07, 6.45) is -0.118. The number of carbonyl (C=O) groups is 3. The maximum absolute atomic E-state index is 13.3. The molecule has 142 valence electrons. The Kier molecular flexibility index (Phi) is 7.31. The number of methoxy groups -OCH3 is 1. The second-order valence-corrected chi connectivity index (χ2v) is 5.88. The van der Waals surface area contributed by atoms with Crippen LogP contribution in [0.3, 0.4) is 0 Å². The van der Waals surface area contributed by atoms with Gasteiger partial charge in [-0.3, -0.25) is 14.4 Å². The Morgan fingerprint density at radius 2 is 1.81 bits per heavy atom. The van der Waals surface area contributed by atoms with E-state index in [0.717, 1.165) is 12.1 Å². The first-order valence-corrected chi connectivity index (χ1v) is 8.34. The van der Waals surface area contributed by atoms with Gasteiger partial charge in [0.1, 0.15) is 11.6 Å². The molecule has 0 saturated carbocycles. The van der Waals surface area contributed by atoms with Gasteiger partial charge in [0, 0.05) is 17.1 Å². The number of esters is 1. The number of ether oxygens (including phenoxy) is 2. The van der Waals surface area contributed by atoms with E-state index in [1.165, 1.54) is 13.2 Å². The molecule has 0 heterocycles. The molecule has 0 fully saturated rings. The number of amides is 1. The van der Waals surface area contributed by atoms with Crippen LogP contribution in [-0.4, -0.2) is 37.9 Å². The molecule has 1 N–H and O–H groups in total. The van der Waals surface area contributed by atoms with E-state index in [-0.39, 0.29) is 30.2 Å². The number of rotatable bonds is 8. The molecule has 6 nitrogen and oxygen atoms in total. The van der Waals surface area contributed by atoms with Gasteiger partial charge in [-0.1, -0.05) is 11.6 Å². The van der Waals surface area contributed by atoms with Crippen LogP contribution in [0.1, 0.15) is 27.1 Å². The number of hydrogen-bond acceptors (Lipinski definition) is 5. The highest BCUT2D eigenvalue weighted by Gasteiger charge is 2.16. The van der Waals surface area contributed by atoms with E-state index in [2.05, 4.69) is 5.32 Å². The Morgan fingerprint density at radius 3 is 2.48 bits per heavy atom. The predicted molar refractivity (Wildman–Crippen MR) is 96.6 cm³/mol. The first-order valence-electron chi connectivity index (χ1n) is 7.97. The largest absolute Gasteiger partial charge is 0.496 e. The van der Waals surface area contributed by atoms with E-state index in [9.17, 15) is 18.8 Å². The highest BCUT2D eigenvalue weighted by Crippen LogP contribution is 2.20. The standard InChI is InChI=1S/C19H17ClFNO5/c1-26-17-7-6-14(21)10-15(17)16(23)11-27-18(24)8-9-22-19(25)12-2-4-13(20)5-3-12/h2-7,10H,8-9,11H2,1H3,(H,22,25). The molecule has 0 aliphatic carbocycles. The van der Waals surface area contributed by atoms with Crippen molar-refractivity contribution in [2.75, 3.05) is 20.3 Å². The smallest absolute Gasteiger partial charge is 0.308 e. The van der Waals surface area contributed by atoms with Gasteiger partial charge in [-0.2, -0.15) is 0 Å². The second-order valence-electron chi connectivity index (χ2n) is 5.44. The van der Waals surface area contributed by atoms with Gasteiger partial charge in [0.2, 0.25) is 5.78 Å². The van der Waals surface area contributed by atoms with Gasteiger partial charge in [0.25, 0.3) is 5.91 Å². The van der Waals surface area contributed by atoms with Gasteiger partial charge in [-0.05, 0) is 42.5 Å². The maximum Gasteiger partial charge on any atom is 0.308 e. The molecule has 2 aromatic rings. The van der Waals surface area contributed by atoms with Crippen molar-refractivity contribution in [3.63, 3.8) is 0 Å². The molecule has 2 aromatic carbocycles. The molecule has 27 heavy (non-hydrogen) atoms. The minimum absolute atomic E-state index is 0.0126. The van der Waals surface area contributed by atoms with Gasteiger partial charge in [0.05, 0.1) is 19.1 Å². The summed E-state index contributed by atoms with van der Waals surface area (Å²) < 4.78 is 23.1. The van der Waals surface area contributed by atoms with E-state index in [1.807, 2.05) is 0 Å². The molecule has 0 saturated heterocycles. The van der Waals surface area contributed by atoms with Crippen molar-refractivity contribution < 1.29 is 28.2 Å². The van der Waals surface area contributed by atoms with Crippen LogP contribution in [0.4, 0.5) is 4.39 Å². The molecular formula is C19H17ClFNO5. The van der Waals surface area contributed by atoms with Crippen LogP contribution < -0.4 is 10.1 Å². The van der Waals surface area contributed by atoms with Crippen LogP contribution in [0.2, 0.25) is 5.02 Å². The summed E-state index contributed by atoms with van der Waals surface area (Å²) >= 11 is 5.75. The number of benzene rings is 2. The molecule has 0 bridgehead atoms. The second kappa shape index (κ2) is 9.68. The van der Waals surface area contributed by atoms with Gasteiger partial charge in [0.15, 0.2) is 6.61 Å². The first-order chi connectivity index (χ1) is 12.9. The Labute approximate surface area is 160 Å². The average Bonchev–Trinajstić information content (AvgIpc) is 2.66. The summed E-state index contributed by atoms with van der Waals surface area (Å²) in [5, 5.41) is 3.07. The third-order valence-corrected chi connectivity index (χ3v) is 3.80. The molecular weight excluding hydrogens is 377 g/mol. The predicted octanol–water partition coefficient (Wildman–Crippen LogP) is 3.03. The Morgan fingerprint density at radius 1 is 1.11 bits per heavy atom. The zero-order valence-electron chi connectivity index (χ0n) is 14.5. The molecule has 2 rings (SSSR count). The Bertz CT molecular complexity index is 838. The monoisotopic (exact) mass is 393 g/mol. The molecule has 0 aromatic heterocycles. The summed E-state index contributed by atoms with van der Waals surface area (Å²) in [7, 11) is 1.35. The summed E-state index contributed by atoms with van der Waals surface area (Å²) in [6, 6.07) is 9.76. The molecule has 8 heteroatoms. The van der Waals surface area contributed by atoms with Crippen LogP contribution in [0.25, 0.3) is 0 Å². The molecule has 1 amide bonds. The number of Topliss-reactive ketones (excluding diaryl/α,β-unsaturated/α-hetero) is 1. The number of ketones is 1. The molecule has 0 atom stereocenters. The van der Waals surface area contributed by atoms with E-state index in [4.69, 9.17) is 21.1 Å². The lowest BCUT2D eigenvalue weighted by atomic mass is 10.1. The van der Waals surface area contributed by atoms with Crippen LogP contribution in [0, 0.1) is 5.82 Å². The van der Waals surface area contributed by atoms with E-state index in [1.54, 1.807) is 24.3 Å². The number of hydrogen-bond donors (Lipinski definition) is 1. The molecule has 0 aliphatic heterocycles. The van der Waals surface area contributed by atoms with Crippen LogP contribution >= 0.6 is 11.6 Å². The molecule has 0 unspecified atom stereocenters. The summed E-state index contributed by atoms with van der Waals surface area (Å²) in [5.41, 5.74) is 0.391. The minimum Gasteiger partial charge on any atom is -0.496 e. The lowest BCUT2D eigenvalue weighted by molar-refractivity contribution is -0.142. The van der Waals surface area contributed by atoms with Crippen molar-refractivity contribution in [3.8, 4) is 5.75 Å². The highest BCUT2D eigenvalue weighted by atomic mass is 35.5. The summed E-state index contributed by atoms with van der Waals surface area (Å²) in [6.45, 7) is -0.512. The number of halogens is 2. The SMILES string of the molecule is COc1ccc(F)cc1C(=O)COC(=O)CCNC(=O)c1ccc(Cl)cc1. The first kappa shape index (κ1) is 20.4. The molecule has 0 spiro atoms. The van der Waals surface area contributed by atoms with Crippen molar-refractivity contribution in [1.29, 1.82) is 0 Å². The highest BCUT2D eigenvalue weighted by molar-refractivity contribution is 6.30. The fourth-order valence-electron chi connectivity index (χ4n) is 2.18. The number of nitrogens with one attached hydrogen (secondary N) is 1. The molecule has 0 aliphatic rings. The van der Waals surface area contributed by atoms with Crippen molar-refractivity contribution in [2.45, 2.75) is 6.42 Å². The zero-order valence-corrected chi connectivity index (χ0v) is 15.2. The summed E-state index contributed by atoms with van der Waals surface area (Å²) in [4.78, 5) is 35.7. The Hall–Kier alpha value is -2.93. The van der Waals surface area contributed by atoms with Gasteiger partial charge < -0.3 is 14.8 Å². The summed E-state index contributed by atoms with van der Waals surface area (Å²) in [5.74, 6) is -2.04. The van der Waals surface area contributed by atoms with E-state index in [0.29, 0.717) is 10.6 Å². The van der Waals surface area contributed by atoms with Crippen LogP contribution in [-0.2, 0) is 9.53 Å². The maximum atomic E-state index is 13.3. The van der Waals surface area contributed by atoms with Crippen molar-refractivity contribution in [3.05, 3.63) is 64.4 Å². The van der Waals surface area contributed by atoms with Crippen molar-refractivity contribution in [2.24, 2.45) is 0 Å². The van der Waals surface area contributed by atoms with Crippen molar-refractivity contribution in [1.82, 2.24) is 5.32 Å². The lowest BCUT2D eigenvalue weighted by Gasteiger charge is -2.09. The third-order valence-electron chi connectivity index (χ3n) is 3.55. The quantitative estimate of drug-likeness (QED) is 0.550. The zero-order chi connectivity index (χ0) is 19.8. The minimum atomic E-state index is -0.671. The van der Waals surface area contributed by atoms with E-state index < -0.39 is 24.2 Å². The van der Waals surface area contributed by atoms with Gasteiger partial charge in [-0.25, -0.2) is 4.39 Å². The van der Waals surface area contributed by atoms with E-state index >= 15 is 0 Å².